The first-order chi connectivity index (χ1) is 8.52. The molecule has 0 aliphatic heterocycles. The Balaban J connectivity index is 2.51. The highest BCUT2D eigenvalue weighted by Gasteiger charge is 2.31. The fraction of sp³-hybridized carbons (Fsp3) is 0.400. The summed E-state index contributed by atoms with van der Waals surface area (Å²) in [5, 5.41) is 11.3. The first kappa shape index (κ1) is 11.3. The largest absolute Gasteiger partial charge is 0.504 e. The van der Waals surface area contributed by atoms with Gasteiger partial charge in [-0.3, -0.25) is 4.79 Å². The minimum absolute atomic E-state index is 0.137. The molecular formula is C15H16O3. The summed E-state index contributed by atoms with van der Waals surface area (Å²) in [4.78, 5) is 12.1. The van der Waals surface area contributed by atoms with Crippen LogP contribution in [0, 0.1) is 13.8 Å². The Kier molecular flexibility index (Phi) is 2.27. The van der Waals surface area contributed by atoms with E-state index < -0.39 is 0 Å². The van der Waals surface area contributed by atoms with Crippen molar-refractivity contribution in [2.24, 2.45) is 0 Å². The van der Waals surface area contributed by atoms with Gasteiger partial charge < -0.3 is 9.52 Å². The zero-order chi connectivity index (χ0) is 13.0. The molecule has 3 heteroatoms. The number of aromatic hydroxyl groups is 1. The Hall–Kier alpha value is -1.77. The van der Waals surface area contributed by atoms with Crippen molar-refractivity contribution in [3.8, 4) is 5.75 Å². The molecule has 1 aliphatic rings. The van der Waals surface area contributed by atoms with E-state index in [9.17, 15) is 9.90 Å². The van der Waals surface area contributed by atoms with Crippen molar-refractivity contribution in [1.82, 2.24) is 0 Å². The molecule has 0 saturated heterocycles. The van der Waals surface area contributed by atoms with Gasteiger partial charge in [0, 0.05) is 22.9 Å². The molecule has 0 amide bonds. The topological polar surface area (TPSA) is 50.4 Å². The first-order valence-electron chi connectivity index (χ1n) is 6.28. The summed E-state index contributed by atoms with van der Waals surface area (Å²) in [6.45, 7) is 5.92. The van der Waals surface area contributed by atoms with Crippen LogP contribution < -0.4 is 0 Å². The van der Waals surface area contributed by atoms with Crippen LogP contribution in [0.5, 0.6) is 5.75 Å². The second-order valence-corrected chi connectivity index (χ2v) is 5.25. The van der Waals surface area contributed by atoms with Crippen molar-refractivity contribution < 1.29 is 14.3 Å². The number of hydrogen-bond donors (Lipinski definition) is 1. The number of phenols is 1. The van der Waals surface area contributed by atoms with Crippen LogP contribution in [-0.4, -0.2) is 10.9 Å². The lowest BCUT2D eigenvalue weighted by Gasteiger charge is -2.24. The van der Waals surface area contributed by atoms with Gasteiger partial charge in [0.1, 0.15) is 0 Å². The van der Waals surface area contributed by atoms with E-state index in [0.29, 0.717) is 17.6 Å². The predicted octanol–water partition coefficient (Wildman–Crippen LogP) is 3.84. The molecule has 1 N–H and O–H groups in total. The quantitative estimate of drug-likeness (QED) is 0.766. The summed E-state index contributed by atoms with van der Waals surface area (Å²) in [5.41, 5.74) is 3.91. The van der Waals surface area contributed by atoms with Crippen LogP contribution in [-0.2, 0) is 0 Å². The number of benzene rings is 1. The Bertz CT molecular complexity index is 664. The maximum Gasteiger partial charge on any atom is 0.176 e. The molecule has 1 unspecified atom stereocenters. The molecule has 1 aromatic heterocycles. The average Bonchev–Trinajstić information content (AvgIpc) is 2.72. The SMILES string of the molecule is Cc1coc2c(O)c3c(c(C)c12)C(=O)CCC3C. The van der Waals surface area contributed by atoms with E-state index in [1.165, 1.54) is 0 Å². The van der Waals surface area contributed by atoms with Gasteiger partial charge >= 0.3 is 0 Å². The molecule has 0 spiro atoms. The van der Waals surface area contributed by atoms with Crippen molar-refractivity contribution in [1.29, 1.82) is 0 Å². The fourth-order valence-corrected chi connectivity index (χ4v) is 3.11. The van der Waals surface area contributed by atoms with Gasteiger partial charge in [-0.2, -0.15) is 0 Å². The first-order valence-corrected chi connectivity index (χ1v) is 6.28. The summed E-state index contributed by atoms with van der Waals surface area (Å²) in [7, 11) is 0. The lowest BCUT2D eigenvalue weighted by atomic mass is 9.79. The standard InChI is InChI=1S/C15H16O3/c1-7-4-5-10(16)13-9(3)11-8(2)6-18-15(11)14(17)12(7)13/h6-7,17H,4-5H2,1-3H3. The molecule has 3 nitrogen and oxygen atoms in total. The van der Waals surface area contributed by atoms with Gasteiger partial charge in [0.2, 0.25) is 0 Å². The van der Waals surface area contributed by atoms with Crippen LogP contribution in [0.2, 0.25) is 0 Å². The van der Waals surface area contributed by atoms with E-state index >= 15 is 0 Å². The molecule has 1 atom stereocenters. The molecule has 0 bridgehead atoms. The Labute approximate surface area is 105 Å². The molecule has 2 aromatic rings. The highest BCUT2D eigenvalue weighted by Crippen LogP contribution is 2.45. The van der Waals surface area contributed by atoms with Crippen LogP contribution >= 0.6 is 0 Å². The van der Waals surface area contributed by atoms with Crippen LogP contribution in [0.1, 0.15) is 52.7 Å². The van der Waals surface area contributed by atoms with E-state index in [1.807, 2.05) is 20.8 Å². The number of ketones is 1. The second kappa shape index (κ2) is 3.61. The lowest BCUT2D eigenvalue weighted by molar-refractivity contribution is 0.0966. The number of phenolic OH excluding ortho intramolecular Hbond substituents is 1. The molecule has 0 fully saturated rings. The van der Waals surface area contributed by atoms with Crippen molar-refractivity contribution >= 4 is 16.8 Å². The molecule has 0 radical (unpaired) electrons. The van der Waals surface area contributed by atoms with Crippen molar-refractivity contribution in [2.45, 2.75) is 39.5 Å². The number of carbonyl (C=O) groups excluding carboxylic acids is 1. The van der Waals surface area contributed by atoms with Crippen molar-refractivity contribution in [3.05, 3.63) is 28.5 Å². The molecule has 18 heavy (non-hydrogen) atoms. The number of aryl methyl sites for hydroxylation is 2. The van der Waals surface area contributed by atoms with Crippen molar-refractivity contribution in [2.75, 3.05) is 0 Å². The summed E-state index contributed by atoms with van der Waals surface area (Å²) >= 11 is 0. The highest BCUT2D eigenvalue weighted by molar-refractivity contribution is 6.07. The number of fused-ring (bicyclic) bond motifs is 2. The molecule has 0 saturated carbocycles. The van der Waals surface area contributed by atoms with Gasteiger partial charge in [0.05, 0.1) is 6.26 Å². The van der Waals surface area contributed by atoms with E-state index in [-0.39, 0.29) is 17.5 Å². The monoisotopic (exact) mass is 244 g/mol. The van der Waals surface area contributed by atoms with Gasteiger partial charge in [0.25, 0.3) is 0 Å². The third kappa shape index (κ3) is 1.27. The average molecular weight is 244 g/mol. The van der Waals surface area contributed by atoms with Crippen LogP contribution in [0.25, 0.3) is 11.0 Å². The Morgan fingerprint density at radius 1 is 1.39 bits per heavy atom. The third-order valence-corrected chi connectivity index (χ3v) is 4.04. The fourth-order valence-electron chi connectivity index (χ4n) is 3.11. The highest BCUT2D eigenvalue weighted by atomic mass is 16.3. The van der Waals surface area contributed by atoms with Gasteiger partial charge in [-0.15, -0.1) is 0 Å². The smallest absolute Gasteiger partial charge is 0.176 e. The minimum Gasteiger partial charge on any atom is -0.504 e. The normalized spacial score (nSPS) is 19.3. The van der Waals surface area contributed by atoms with Crippen LogP contribution in [0.3, 0.4) is 0 Å². The number of furan rings is 1. The number of rotatable bonds is 0. The van der Waals surface area contributed by atoms with E-state index in [2.05, 4.69) is 0 Å². The van der Waals surface area contributed by atoms with Gasteiger partial charge in [-0.1, -0.05) is 6.92 Å². The zero-order valence-electron chi connectivity index (χ0n) is 10.8. The van der Waals surface area contributed by atoms with E-state index in [4.69, 9.17) is 4.42 Å². The Morgan fingerprint density at radius 2 is 2.11 bits per heavy atom. The summed E-state index contributed by atoms with van der Waals surface area (Å²) in [6, 6.07) is 0. The maximum atomic E-state index is 12.1. The van der Waals surface area contributed by atoms with Gasteiger partial charge in [-0.25, -0.2) is 0 Å². The molecule has 94 valence electrons. The van der Waals surface area contributed by atoms with E-state index in [0.717, 1.165) is 28.5 Å². The summed E-state index contributed by atoms with van der Waals surface area (Å²) in [5.74, 6) is 0.490. The predicted molar refractivity (Wildman–Crippen MR) is 69.3 cm³/mol. The third-order valence-electron chi connectivity index (χ3n) is 4.04. The maximum absolute atomic E-state index is 12.1. The van der Waals surface area contributed by atoms with Gasteiger partial charge in [-0.05, 0) is 37.3 Å². The Morgan fingerprint density at radius 3 is 2.83 bits per heavy atom. The van der Waals surface area contributed by atoms with Crippen LogP contribution in [0.15, 0.2) is 10.7 Å². The number of hydrogen-bond acceptors (Lipinski definition) is 3. The summed E-state index contributed by atoms with van der Waals surface area (Å²) in [6.07, 6.45) is 3.00. The minimum atomic E-state index is 0.137. The molecule has 3 rings (SSSR count). The number of carbonyl (C=O) groups is 1. The molecule has 1 aliphatic carbocycles. The molecule has 1 aromatic carbocycles. The molecule has 1 heterocycles. The zero-order valence-corrected chi connectivity index (χ0v) is 10.8. The number of Topliss-reactive ketones (excluding diaryl/α,β-unsaturated/α-hetero) is 1. The molecular weight excluding hydrogens is 228 g/mol. The second-order valence-electron chi connectivity index (χ2n) is 5.25. The van der Waals surface area contributed by atoms with Crippen LogP contribution in [0.4, 0.5) is 0 Å². The summed E-state index contributed by atoms with van der Waals surface area (Å²) < 4.78 is 5.45. The lowest BCUT2D eigenvalue weighted by Crippen LogP contribution is -2.16. The van der Waals surface area contributed by atoms with Gasteiger partial charge in [0.15, 0.2) is 17.1 Å². The van der Waals surface area contributed by atoms with Crippen molar-refractivity contribution in [3.63, 3.8) is 0 Å². The van der Waals surface area contributed by atoms with E-state index in [1.54, 1.807) is 6.26 Å².